The number of aliphatic hydroxyl groups is 1. The van der Waals surface area contributed by atoms with E-state index in [1.54, 1.807) is 10.9 Å². The van der Waals surface area contributed by atoms with Gasteiger partial charge in [-0.25, -0.2) is 14.4 Å². The van der Waals surface area contributed by atoms with Crippen LogP contribution in [0.4, 0.5) is 4.39 Å². The average Bonchev–Trinajstić information content (AvgIpc) is 2.82. The summed E-state index contributed by atoms with van der Waals surface area (Å²) in [6, 6.07) is 5.31. The Balaban J connectivity index is 2.27. The van der Waals surface area contributed by atoms with Crippen molar-refractivity contribution >= 4 is 11.0 Å². The number of halogens is 1. The summed E-state index contributed by atoms with van der Waals surface area (Å²) in [5, 5.41) is 9.37. The van der Waals surface area contributed by atoms with Crippen LogP contribution in [-0.4, -0.2) is 19.6 Å². The summed E-state index contributed by atoms with van der Waals surface area (Å²) in [4.78, 5) is 8.42. The molecule has 0 aliphatic carbocycles. The summed E-state index contributed by atoms with van der Waals surface area (Å²) in [5.74, 6) is 0.0360. The third-order valence-corrected chi connectivity index (χ3v) is 3.47. The number of rotatable bonds is 2. The van der Waals surface area contributed by atoms with Crippen LogP contribution in [0.3, 0.4) is 0 Å². The summed E-state index contributed by atoms with van der Waals surface area (Å²) < 4.78 is 15.0. The molecule has 1 aromatic carbocycles. The first-order valence-corrected chi connectivity index (χ1v) is 6.30. The van der Waals surface area contributed by atoms with Gasteiger partial charge >= 0.3 is 0 Å². The van der Waals surface area contributed by atoms with Crippen LogP contribution < -0.4 is 0 Å². The van der Waals surface area contributed by atoms with E-state index >= 15 is 0 Å². The largest absolute Gasteiger partial charge is 0.392 e. The maximum Gasteiger partial charge on any atom is 0.144 e. The number of fused-ring (bicyclic) bond motifs is 1. The zero-order valence-corrected chi connectivity index (χ0v) is 11.3. The van der Waals surface area contributed by atoms with E-state index < -0.39 is 5.82 Å². The fourth-order valence-electron chi connectivity index (χ4n) is 2.24. The summed E-state index contributed by atoms with van der Waals surface area (Å²) in [7, 11) is 0. The lowest BCUT2D eigenvalue weighted by Crippen LogP contribution is -2.03. The van der Waals surface area contributed by atoms with Crippen LogP contribution >= 0.6 is 0 Å². The topological polar surface area (TPSA) is 50.9 Å². The number of imidazole rings is 1. The van der Waals surface area contributed by atoms with Gasteiger partial charge in [-0.2, -0.15) is 0 Å². The number of nitrogens with zero attached hydrogens (tertiary/aromatic N) is 3. The lowest BCUT2D eigenvalue weighted by molar-refractivity contribution is 0.280. The van der Waals surface area contributed by atoms with Crippen LogP contribution in [0.1, 0.15) is 16.7 Å². The Morgan fingerprint density at radius 3 is 2.65 bits per heavy atom. The first-order valence-electron chi connectivity index (χ1n) is 6.30. The van der Waals surface area contributed by atoms with E-state index in [0.29, 0.717) is 11.4 Å². The zero-order chi connectivity index (χ0) is 14.3. The van der Waals surface area contributed by atoms with Gasteiger partial charge in [-0.05, 0) is 43.2 Å². The molecule has 1 N–H and O–H groups in total. The molecule has 20 heavy (non-hydrogen) atoms. The Morgan fingerprint density at radius 2 is 1.90 bits per heavy atom. The Labute approximate surface area is 115 Å². The molecule has 0 saturated carbocycles. The molecule has 0 amide bonds. The summed E-state index contributed by atoms with van der Waals surface area (Å²) >= 11 is 0. The SMILES string of the molecule is Cc1cc2ncn(-c3ncc(F)cc3CO)c2cc1C. The van der Waals surface area contributed by atoms with Gasteiger partial charge < -0.3 is 5.11 Å². The van der Waals surface area contributed by atoms with Gasteiger partial charge in [-0.3, -0.25) is 4.57 Å². The number of hydrogen-bond acceptors (Lipinski definition) is 3. The first-order chi connectivity index (χ1) is 9.60. The zero-order valence-electron chi connectivity index (χ0n) is 11.3. The highest BCUT2D eigenvalue weighted by molar-refractivity contribution is 5.79. The number of hydrogen-bond donors (Lipinski definition) is 1. The molecule has 0 saturated heterocycles. The molecule has 0 atom stereocenters. The molecule has 3 aromatic rings. The maximum atomic E-state index is 13.2. The van der Waals surface area contributed by atoms with Crippen molar-refractivity contribution in [2.75, 3.05) is 0 Å². The van der Waals surface area contributed by atoms with Crippen LogP contribution in [0.5, 0.6) is 0 Å². The van der Waals surface area contributed by atoms with Crippen LogP contribution in [0.15, 0.2) is 30.7 Å². The molecule has 0 radical (unpaired) electrons. The Morgan fingerprint density at radius 1 is 1.15 bits per heavy atom. The number of aryl methyl sites for hydroxylation is 2. The van der Waals surface area contributed by atoms with Crippen LogP contribution in [0, 0.1) is 19.7 Å². The molecule has 3 rings (SSSR count). The fourth-order valence-corrected chi connectivity index (χ4v) is 2.24. The second kappa shape index (κ2) is 4.68. The van der Waals surface area contributed by atoms with Gasteiger partial charge in [-0.15, -0.1) is 0 Å². The van der Waals surface area contributed by atoms with Gasteiger partial charge in [0.2, 0.25) is 0 Å². The van der Waals surface area contributed by atoms with E-state index in [1.807, 2.05) is 26.0 Å². The minimum Gasteiger partial charge on any atom is -0.392 e. The Kier molecular flexibility index (Phi) is 2.99. The second-order valence-electron chi connectivity index (χ2n) is 4.83. The van der Waals surface area contributed by atoms with Crippen molar-refractivity contribution < 1.29 is 9.50 Å². The highest BCUT2D eigenvalue weighted by Gasteiger charge is 2.12. The molecule has 5 heteroatoms. The van der Waals surface area contributed by atoms with E-state index in [0.717, 1.165) is 28.4 Å². The highest BCUT2D eigenvalue weighted by Crippen LogP contribution is 2.23. The van der Waals surface area contributed by atoms with Gasteiger partial charge in [0.05, 0.1) is 23.8 Å². The normalized spacial score (nSPS) is 11.2. The number of pyridine rings is 1. The predicted octanol–water partition coefficient (Wildman–Crippen LogP) is 2.67. The lowest BCUT2D eigenvalue weighted by atomic mass is 10.1. The molecular weight excluding hydrogens is 257 g/mol. The Bertz CT molecular complexity index is 795. The van der Waals surface area contributed by atoms with Crippen LogP contribution in [-0.2, 0) is 6.61 Å². The molecule has 0 bridgehead atoms. The number of aliphatic hydroxyl groups excluding tert-OH is 1. The average molecular weight is 271 g/mol. The van der Waals surface area contributed by atoms with Crippen molar-refractivity contribution in [3.63, 3.8) is 0 Å². The fraction of sp³-hybridized carbons (Fsp3) is 0.200. The summed E-state index contributed by atoms with van der Waals surface area (Å²) in [6.45, 7) is 3.78. The minimum atomic E-state index is -0.464. The molecular formula is C15H14FN3O. The van der Waals surface area contributed by atoms with Crippen molar-refractivity contribution in [3.05, 3.63) is 53.2 Å². The van der Waals surface area contributed by atoms with Crippen molar-refractivity contribution in [1.29, 1.82) is 0 Å². The minimum absolute atomic E-state index is 0.273. The molecule has 0 fully saturated rings. The van der Waals surface area contributed by atoms with E-state index in [9.17, 15) is 9.50 Å². The third-order valence-electron chi connectivity index (χ3n) is 3.47. The predicted molar refractivity (Wildman–Crippen MR) is 74.2 cm³/mol. The monoisotopic (exact) mass is 271 g/mol. The quantitative estimate of drug-likeness (QED) is 0.779. The van der Waals surface area contributed by atoms with E-state index in [4.69, 9.17) is 0 Å². The van der Waals surface area contributed by atoms with Gasteiger partial charge in [0.1, 0.15) is 18.0 Å². The van der Waals surface area contributed by atoms with E-state index in [1.165, 1.54) is 6.07 Å². The molecule has 102 valence electrons. The van der Waals surface area contributed by atoms with Gasteiger partial charge in [-0.1, -0.05) is 0 Å². The Hall–Kier alpha value is -2.27. The van der Waals surface area contributed by atoms with Gasteiger partial charge in [0.15, 0.2) is 0 Å². The van der Waals surface area contributed by atoms with Crippen molar-refractivity contribution in [1.82, 2.24) is 14.5 Å². The maximum absolute atomic E-state index is 13.2. The first kappa shape index (κ1) is 12.7. The van der Waals surface area contributed by atoms with Crippen molar-refractivity contribution in [2.45, 2.75) is 20.5 Å². The van der Waals surface area contributed by atoms with Crippen LogP contribution in [0.2, 0.25) is 0 Å². The van der Waals surface area contributed by atoms with Gasteiger partial charge in [0, 0.05) is 5.56 Å². The summed E-state index contributed by atoms with van der Waals surface area (Å²) in [6.07, 6.45) is 2.78. The van der Waals surface area contributed by atoms with Crippen molar-refractivity contribution in [3.8, 4) is 5.82 Å². The molecule has 2 aromatic heterocycles. The number of aromatic nitrogens is 3. The molecule has 0 spiro atoms. The molecule has 0 aliphatic heterocycles. The molecule has 2 heterocycles. The van der Waals surface area contributed by atoms with E-state index in [2.05, 4.69) is 9.97 Å². The smallest absolute Gasteiger partial charge is 0.144 e. The third kappa shape index (κ3) is 1.96. The molecule has 0 aliphatic rings. The second-order valence-corrected chi connectivity index (χ2v) is 4.83. The summed E-state index contributed by atoms with van der Waals surface area (Å²) in [5.41, 5.74) is 4.48. The van der Waals surface area contributed by atoms with E-state index in [-0.39, 0.29) is 6.61 Å². The standard InChI is InChI=1S/C15H14FN3O/c1-9-3-13-14(4-10(9)2)19(8-18-13)15-11(7-20)5-12(16)6-17-15/h3-6,8,20H,7H2,1-2H3. The van der Waals surface area contributed by atoms with Gasteiger partial charge in [0.25, 0.3) is 0 Å². The van der Waals surface area contributed by atoms with Crippen LogP contribution in [0.25, 0.3) is 16.9 Å². The lowest BCUT2D eigenvalue weighted by Gasteiger charge is -2.09. The molecule has 0 unspecified atom stereocenters. The molecule has 4 nitrogen and oxygen atoms in total. The highest BCUT2D eigenvalue weighted by atomic mass is 19.1. The van der Waals surface area contributed by atoms with Crippen molar-refractivity contribution in [2.24, 2.45) is 0 Å². The number of benzene rings is 1.